The first-order valence-corrected chi connectivity index (χ1v) is 7.53. The lowest BCUT2D eigenvalue weighted by Gasteiger charge is -2.20. The lowest BCUT2D eigenvalue weighted by Crippen LogP contribution is -2.23. The van der Waals surface area contributed by atoms with E-state index in [0.29, 0.717) is 6.04 Å². The van der Waals surface area contributed by atoms with Crippen LogP contribution in [0.1, 0.15) is 48.3 Å². The molecule has 1 heterocycles. The van der Waals surface area contributed by atoms with Gasteiger partial charge >= 0.3 is 0 Å². The number of aryl methyl sites for hydroxylation is 3. The van der Waals surface area contributed by atoms with E-state index < -0.39 is 0 Å². The molecule has 108 valence electrons. The fourth-order valence-corrected chi connectivity index (χ4v) is 2.66. The Labute approximate surface area is 122 Å². The molecule has 0 radical (unpaired) electrons. The third kappa shape index (κ3) is 4.24. The normalized spacial score (nSPS) is 12.6. The smallest absolute Gasteiger partial charge is 0.103 e. The van der Waals surface area contributed by atoms with Crippen molar-refractivity contribution in [2.45, 2.75) is 46.1 Å². The average molecular weight is 271 g/mol. The monoisotopic (exact) mass is 271 g/mol. The van der Waals surface area contributed by atoms with Crippen LogP contribution in [-0.4, -0.2) is 6.54 Å². The van der Waals surface area contributed by atoms with Crippen LogP contribution in [0.2, 0.25) is 0 Å². The molecule has 0 bridgehead atoms. The lowest BCUT2D eigenvalue weighted by atomic mass is 9.97. The number of hydrogen-bond donors (Lipinski definition) is 1. The molecule has 2 heteroatoms. The molecular weight excluding hydrogens is 246 g/mol. The van der Waals surface area contributed by atoms with Gasteiger partial charge in [-0.15, -0.1) is 0 Å². The van der Waals surface area contributed by atoms with Gasteiger partial charge in [-0.1, -0.05) is 36.2 Å². The molecule has 2 aromatic rings. The van der Waals surface area contributed by atoms with Gasteiger partial charge in [0.2, 0.25) is 0 Å². The molecule has 2 rings (SSSR count). The van der Waals surface area contributed by atoms with Gasteiger partial charge in [0.25, 0.3) is 0 Å². The minimum atomic E-state index is 0.402. The Kier molecular flexibility index (Phi) is 5.42. The number of hydrogen-bond acceptors (Lipinski definition) is 2. The molecule has 1 aromatic heterocycles. The third-order valence-electron chi connectivity index (χ3n) is 3.55. The zero-order chi connectivity index (χ0) is 14.4. The summed E-state index contributed by atoms with van der Waals surface area (Å²) >= 11 is 0. The van der Waals surface area contributed by atoms with E-state index in [1.54, 1.807) is 6.26 Å². The maximum atomic E-state index is 5.44. The first-order valence-electron chi connectivity index (χ1n) is 7.53. The maximum absolute atomic E-state index is 5.44. The van der Waals surface area contributed by atoms with E-state index in [-0.39, 0.29) is 0 Å². The van der Waals surface area contributed by atoms with Crippen molar-refractivity contribution in [3.05, 3.63) is 59.0 Å². The zero-order valence-corrected chi connectivity index (χ0v) is 12.8. The molecule has 0 amide bonds. The molecule has 1 aromatic carbocycles. The van der Waals surface area contributed by atoms with Crippen LogP contribution in [0.4, 0.5) is 0 Å². The van der Waals surface area contributed by atoms with E-state index in [1.807, 2.05) is 6.07 Å². The SMILES string of the molecule is CCCNC(CCc1ccco1)c1cc(C)cc(C)c1. The summed E-state index contributed by atoms with van der Waals surface area (Å²) in [6.07, 6.45) is 4.94. The van der Waals surface area contributed by atoms with E-state index in [1.165, 1.54) is 16.7 Å². The molecule has 20 heavy (non-hydrogen) atoms. The van der Waals surface area contributed by atoms with Crippen molar-refractivity contribution in [2.75, 3.05) is 6.54 Å². The predicted octanol–water partition coefficient (Wildman–Crippen LogP) is 4.57. The van der Waals surface area contributed by atoms with Crippen molar-refractivity contribution in [1.82, 2.24) is 5.32 Å². The van der Waals surface area contributed by atoms with E-state index in [9.17, 15) is 0 Å². The minimum Gasteiger partial charge on any atom is -0.469 e. The molecule has 1 atom stereocenters. The summed E-state index contributed by atoms with van der Waals surface area (Å²) in [5.74, 6) is 1.07. The number of nitrogens with one attached hydrogen (secondary N) is 1. The van der Waals surface area contributed by atoms with Crippen molar-refractivity contribution < 1.29 is 4.42 Å². The molecule has 2 nitrogen and oxygen atoms in total. The highest BCUT2D eigenvalue weighted by Gasteiger charge is 2.12. The summed E-state index contributed by atoms with van der Waals surface area (Å²) in [4.78, 5) is 0. The van der Waals surface area contributed by atoms with Crippen molar-refractivity contribution >= 4 is 0 Å². The first kappa shape index (κ1) is 14.9. The average Bonchev–Trinajstić information content (AvgIpc) is 2.91. The standard InChI is InChI=1S/C18H25NO/c1-4-9-19-18(8-7-17-6-5-10-20-17)16-12-14(2)11-15(3)13-16/h5-6,10-13,18-19H,4,7-9H2,1-3H3. The highest BCUT2D eigenvalue weighted by molar-refractivity contribution is 5.30. The van der Waals surface area contributed by atoms with Crippen molar-refractivity contribution in [3.63, 3.8) is 0 Å². The second kappa shape index (κ2) is 7.30. The Morgan fingerprint density at radius 1 is 1.15 bits per heavy atom. The minimum absolute atomic E-state index is 0.402. The summed E-state index contributed by atoms with van der Waals surface area (Å²) in [7, 11) is 0. The topological polar surface area (TPSA) is 25.2 Å². The number of rotatable bonds is 7. The quantitative estimate of drug-likeness (QED) is 0.798. The second-order valence-electron chi connectivity index (χ2n) is 5.55. The molecule has 0 aliphatic heterocycles. The van der Waals surface area contributed by atoms with Gasteiger partial charge in [-0.2, -0.15) is 0 Å². The lowest BCUT2D eigenvalue weighted by molar-refractivity contribution is 0.452. The van der Waals surface area contributed by atoms with Crippen LogP contribution in [0.25, 0.3) is 0 Å². The Morgan fingerprint density at radius 2 is 1.90 bits per heavy atom. The molecule has 0 saturated carbocycles. The van der Waals surface area contributed by atoms with Crippen LogP contribution in [0.3, 0.4) is 0 Å². The Morgan fingerprint density at radius 3 is 2.50 bits per heavy atom. The Balaban J connectivity index is 2.09. The molecule has 0 aliphatic rings. The van der Waals surface area contributed by atoms with Gasteiger partial charge in [0.05, 0.1) is 6.26 Å². The fraction of sp³-hybridized carbons (Fsp3) is 0.444. The van der Waals surface area contributed by atoms with E-state index in [2.05, 4.69) is 50.4 Å². The molecule has 0 fully saturated rings. The summed E-state index contributed by atoms with van der Waals surface area (Å²) in [6, 6.07) is 11.2. The third-order valence-corrected chi connectivity index (χ3v) is 3.55. The van der Waals surface area contributed by atoms with E-state index in [0.717, 1.165) is 31.6 Å². The van der Waals surface area contributed by atoms with Crippen molar-refractivity contribution in [3.8, 4) is 0 Å². The van der Waals surface area contributed by atoms with Crippen LogP contribution < -0.4 is 5.32 Å². The summed E-state index contributed by atoms with van der Waals surface area (Å²) in [5, 5.41) is 3.66. The van der Waals surface area contributed by atoms with E-state index in [4.69, 9.17) is 4.42 Å². The summed E-state index contributed by atoms with van der Waals surface area (Å²) < 4.78 is 5.44. The molecular formula is C18H25NO. The van der Waals surface area contributed by atoms with Gasteiger partial charge in [-0.05, 0) is 50.9 Å². The molecule has 0 saturated heterocycles. The van der Waals surface area contributed by atoms with Crippen LogP contribution in [0.5, 0.6) is 0 Å². The summed E-state index contributed by atoms with van der Waals surface area (Å²) in [6.45, 7) is 7.59. The summed E-state index contributed by atoms with van der Waals surface area (Å²) in [5.41, 5.74) is 4.06. The molecule has 0 spiro atoms. The Hall–Kier alpha value is -1.54. The largest absolute Gasteiger partial charge is 0.469 e. The zero-order valence-electron chi connectivity index (χ0n) is 12.8. The van der Waals surface area contributed by atoms with Crippen LogP contribution >= 0.6 is 0 Å². The number of furan rings is 1. The molecule has 1 unspecified atom stereocenters. The van der Waals surface area contributed by atoms with Crippen molar-refractivity contribution in [2.24, 2.45) is 0 Å². The second-order valence-corrected chi connectivity index (χ2v) is 5.55. The van der Waals surface area contributed by atoms with Gasteiger partial charge in [0.1, 0.15) is 5.76 Å². The van der Waals surface area contributed by atoms with Crippen LogP contribution in [0.15, 0.2) is 41.0 Å². The van der Waals surface area contributed by atoms with Gasteiger partial charge in [0, 0.05) is 12.5 Å². The predicted molar refractivity (Wildman–Crippen MR) is 84.0 cm³/mol. The van der Waals surface area contributed by atoms with E-state index >= 15 is 0 Å². The fourth-order valence-electron chi connectivity index (χ4n) is 2.66. The first-order chi connectivity index (χ1) is 9.69. The van der Waals surface area contributed by atoms with Crippen molar-refractivity contribution in [1.29, 1.82) is 0 Å². The molecule has 1 N–H and O–H groups in total. The van der Waals surface area contributed by atoms with Gasteiger partial charge < -0.3 is 9.73 Å². The van der Waals surface area contributed by atoms with Crippen LogP contribution in [0, 0.1) is 13.8 Å². The van der Waals surface area contributed by atoms with Gasteiger partial charge in [-0.3, -0.25) is 0 Å². The van der Waals surface area contributed by atoms with Gasteiger partial charge in [0.15, 0.2) is 0 Å². The highest BCUT2D eigenvalue weighted by Crippen LogP contribution is 2.22. The highest BCUT2D eigenvalue weighted by atomic mass is 16.3. The van der Waals surface area contributed by atoms with Crippen LogP contribution in [-0.2, 0) is 6.42 Å². The van der Waals surface area contributed by atoms with Gasteiger partial charge in [-0.25, -0.2) is 0 Å². The Bertz CT molecular complexity index is 496. The number of benzene rings is 1. The maximum Gasteiger partial charge on any atom is 0.103 e. The molecule has 0 aliphatic carbocycles.